The van der Waals surface area contributed by atoms with Gasteiger partial charge in [0.2, 0.25) is 5.88 Å². The number of pyridine rings is 1. The van der Waals surface area contributed by atoms with Crippen molar-refractivity contribution in [3.05, 3.63) is 22.8 Å². The highest BCUT2D eigenvalue weighted by molar-refractivity contribution is 6.31. The second-order valence-electron chi connectivity index (χ2n) is 4.73. The maximum Gasteiger partial charge on any atom is 0.232 e. The first-order valence-corrected chi connectivity index (χ1v) is 7.07. The van der Waals surface area contributed by atoms with Gasteiger partial charge in [-0.05, 0) is 25.5 Å². The van der Waals surface area contributed by atoms with E-state index < -0.39 is 0 Å². The Kier molecular flexibility index (Phi) is 7.84. The molecule has 1 N–H and O–H groups in total. The minimum atomic E-state index is 0.0552. The van der Waals surface area contributed by atoms with Gasteiger partial charge < -0.3 is 14.6 Å². The van der Waals surface area contributed by atoms with Crippen molar-refractivity contribution in [1.82, 2.24) is 9.88 Å². The van der Waals surface area contributed by atoms with E-state index >= 15 is 0 Å². The minimum absolute atomic E-state index is 0.0552. The Morgan fingerprint density at radius 1 is 1.40 bits per heavy atom. The molecule has 1 aromatic rings. The fourth-order valence-corrected chi connectivity index (χ4v) is 2.07. The van der Waals surface area contributed by atoms with Crippen molar-refractivity contribution < 1.29 is 14.6 Å². The highest BCUT2D eigenvalue weighted by Crippen LogP contribution is 2.22. The SMILES string of the molecule is COc1ncc(CN(CCOCCO)C(C)C)cc1Cl. The van der Waals surface area contributed by atoms with E-state index in [2.05, 4.69) is 23.7 Å². The summed E-state index contributed by atoms with van der Waals surface area (Å²) in [5, 5.41) is 9.20. The third-order valence-corrected chi connectivity index (χ3v) is 3.20. The minimum Gasteiger partial charge on any atom is -0.480 e. The Morgan fingerprint density at radius 2 is 2.15 bits per heavy atom. The molecule has 0 saturated carbocycles. The van der Waals surface area contributed by atoms with Gasteiger partial charge in [0.25, 0.3) is 0 Å². The molecule has 0 radical (unpaired) electrons. The second kappa shape index (κ2) is 9.13. The van der Waals surface area contributed by atoms with Crippen LogP contribution in [-0.2, 0) is 11.3 Å². The van der Waals surface area contributed by atoms with Crippen LogP contribution in [0, 0.1) is 0 Å². The molecule has 0 atom stereocenters. The van der Waals surface area contributed by atoms with Gasteiger partial charge in [0.1, 0.15) is 5.02 Å². The van der Waals surface area contributed by atoms with Gasteiger partial charge in [0.15, 0.2) is 0 Å². The normalized spacial score (nSPS) is 11.3. The molecule has 1 heterocycles. The molecule has 0 unspecified atom stereocenters. The van der Waals surface area contributed by atoms with Crippen LogP contribution in [0.4, 0.5) is 0 Å². The number of nitrogens with zero attached hydrogens (tertiary/aromatic N) is 2. The Bertz CT molecular complexity index is 402. The van der Waals surface area contributed by atoms with E-state index in [1.807, 2.05) is 6.07 Å². The number of hydrogen-bond donors (Lipinski definition) is 1. The Hall–Kier alpha value is -0.880. The van der Waals surface area contributed by atoms with E-state index in [1.165, 1.54) is 0 Å². The molecule has 0 fully saturated rings. The number of aliphatic hydroxyl groups excluding tert-OH is 1. The summed E-state index contributed by atoms with van der Waals surface area (Å²) in [6.07, 6.45) is 1.77. The van der Waals surface area contributed by atoms with Gasteiger partial charge in [-0.3, -0.25) is 4.90 Å². The molecule has 1 aromatic heterocycles. The second-order valence-corrected chi connectivity index (χ2v) is 5.14. The number of methoxy groups -OCH3 is 1. The highest BCUT2D eigenvalue weighted by atomic mass is 35.5. The number of aliphatic hydroxyl groups is 1. The molecular formula is C14H23ClN2O3. The molecular weight excluding hydrogens is 280 g/mol. The lowest BCUT2D eigenvalue weighted by Gasteiger charge is -2.26. The molecule has 114 valence electrons. The van der Waals surface area contributed by atoms with Crippen molar-refractivity contribution in [2.45, 2.75) is 26.4 Å². The number of rotatable bonds is 9. The van der Waals surface area contributed by atoms with E-state index in [-0.39, 0.29) is 6.61 Å². The molecule has 0 aliphatic heterocycles. The van der Waals surface area contributed by atoms with Crippen LogP contribution in [0.2, 0.25) is 5.02 Å². The number of hydrogen-bond acceptors (Lipinski definition) is 5. The summed E-state index contributed by atoms with van der Waals surface area (Å²) >= 11 is 6.08. The molecule has 0 spiro atoms. The van der Waals surface area contributed by atoms with Crippen molar-refractivity contribution in [2.75, 3.05) is 33.5 Å². The van der Waals surface area contributed by atoms with Crippen LogP contribution in [0.1, 0.15) is 19.4 Å². The summed E-state index contributed by atoms with van der Waals surface area (Å²) in [5.74, 6) is 0.442. The summed E-state index contributed by atoms with van der Waals surface area (Å²) in [6.45, 7) is 6.82. The van der Waals surface area contributed by atoms with Crippen molar-refractivity contribution >= 4 is 11.6 Å². The molecule has 5 nitrogen and oxygen atoms in total. The van der Waals surface area contributed by atoms with E-state index in [9.17, 15) is 0 Å². The lowest BCUT2D eigenvalue weighted by molar-refractivity contribution is 0.0646. The molecule has 0 saturated heterocycles. The molecule has 0 aliphatic carbocycles. The molecule has 1 rings (SSSR count). The highest BCUT2D eigenvalue weighted by Gasteiger charge is 2.12. The van der Waals surface area contributed by atoms with E-state index in [0.717, 1.165) is 18.7 Å². The largest absolute Gasteiger partial charge is 0.480 e. The average molecular weight is 303 g/mol. The maximum atomic E-state index is 8.68. The van der Waals surface area contributed by atoms with Gasteiger partial charge in [-0.15, -0.1) is 0 Å². The van der Waals surface area contributed by atoms with Crippen molar-refractivity contribution in [3.63, 3.8) is 0 Å². The maximum absolute atomic E-state index is 8.68. The summed E-state index contributed by atoms with van der Waals surface area (Å²) in [6, 6.07) is 2.26. The molecule has 6 heteroatoms. The van der Waals surface area contributed by atoms with Gasteiger partial charge in [-0.25, -0.2) is 4.98 Å². The Labute approximate surface area is 125 Å². The fourth-order valence-electron chi connectivity index (χ4n) is 1.80. The fraction of sp³-hybridized carbons (Fsp3) is 0.643. The van der Waals surface area contributed by atoms with Crippen molar-refractivity contribution in [3.8, 4) is 5.88 Å². The van der Waals surface area contributed by atoms with Crippen molar-refractivity contribution in [2.24, 2.45) is 0 Å². The van der Waals surface area contributed by atoms with Crippen LogP contribution in [0.5, 0.6) is 5.88 Å². The smallest absolute Gasteiger partial charge is 0.232 e. The lowest BCUT2D eigenvalue weighted by Crippen LogP contribution is -2.33. The molecule has 0 aliphatic rings. The zero-order chi connectivity index (χ0) is 15.0. The zero-order valence-corrected chi connectivity index (χ0v) is 13.1. The van der Waals surface area contributed by atoms with Gasteiger partial charge >= 0.3 is 0 Å². The first-order chi connectivity index (χ1) is 9.58. The van der Waals surface area contributed by atoms with Crippen LogP contribution < -0.4 is 4.74 Å². The van der Waals surface area contributed by atoms with Crippen LogP contribution in [0.15, 0.2) is 12.3 Å². The van der Waals surface area contributed by atoms with Gasteiger partial charge in [-0.1, -0.05) is 11.6 Å². The van der Waals surface area contributed by atoms with E-state index in [1.54, 1.807) is 13.3 Å². The molecule has 20 heavy (non-hydrogen) atoms. The number of halogens is 1. The Balaban J connectivity index is 2.58. The molecule has 0 bridgehead atoms. The van der Waals surface area contributed by atoms with Crippen LogP contribution in [-0.4, -0.2) is 54.5 Å². The Morgan fingerprint density at radius 3 is 2.70 bits per heavy atom. The first kappa shape index (κ1) is 17.2. The summed E-state index contributed by atoms with van der Waals surface area (Å²) in [5.41, 5.74) is 1.03. The van der Waals surface area contributed by atoms with Gasteiger partial charge in [0, 0.05) is 25.3 Å². The third kappa shape index (κ3) is 5.63. The van der Waals surface area contributed by atoms with Crippen LogP contribution in [0.3, 0.4) is 0 Å². The monoisotopic (exact) mass is 302 g/mol. The van der Waals surface area contributed by atoms with Crippen molar-refractivity contribution in [1.29, 1.82) is 0 Å². The van der Waals surface area contributed by atoms with Gasteiger partial charge in [-0.2, -0.15) is 0 Å². The predicted molar refractivity (Wildman–Crippen MR) is 79.2 cm³/mol. The van der Waals surface area contributed by atoms with Crippen LogP contribution >= 0.6 is 11.6 Å². The summed E-state index contributed by atoms with van der Waals surface area (Å²) in [4.78, 5) is 6.43. The lowest BCUT2D eigenvalue weighted by atomic mass is 10.2. The quantitative estimate of drug-likeness (QED) is 0.707. The topological polar surface area (TPSA) is 54.8 Å². The van der Waals surface area contributed by atoms with E-state index in [4.69, 9.17) is 26.2 Å². The average Bonchev–Trinajstić information content (AvgIpc) is 2.42. The molecule has 0 aromatic carbocycles. The third-order valence-electron chi connectivity index (χ3n) is 2.93. The summed E-state index contributed by atoms with van der Waals surface area (Å²) in [7, 11) is 1.55. The van der Waals surface area contributed by atoms with Crippen LogP contribution in [0.25, 0.3) is 0 Å². The first-order valence-electron chi connectivity index (χ1n) is 6.69. The standard InChI is InChI=1S/C14H23ClN2O3/c1-11(2)17(4-6-20-7-5-18)10-12-8-13(15)14(19-3)16-9-12/h8-9,11,18H,4-7,10H2,1-3H3. The summed E-state index contributed by atoms with van der Waals surface area (Å²) < 4.78 is 10.4. The predicted octanol–water partition coefficient (Wildman–Crippen LogP) is 1.96. The van der Waals surface area contributed by atoms with E-state index in [0.29, 0.717) is 30.2 Å². The zero-order valence-electron chi connectivity index (χ0n) is 12.3. The number of aromatic nitrogens is 1. The number of ether oxygens (including phenoxy) is 2. The van der Waals surface area contributed by atoms with Gasteiger partial charge in [0.05, 0.1) is 26.9 Å². The molecule has 0 amide bonds.